The monoisotopic (exact) mass is 122 g/mol. The molecular weight excluding hydrogens is 112 g/mol. The van der Waals surface area contributed by atoms with E-state index in [0.29, 0.717) is 0 Å². The van der Waals surface area contributed by atoms with Crippen LogP contribution in [0.3, 0.4) is 0 Å². The van der Waals surface area contributed by atoms with E-state index in [0.717, 1.165) is 0 Å². The van der Waals surface area contributed by atoms with Crippen LogP contribution in [0.15, 0.2) is 24.8 Å². The Hall–Kier alpha value is -1.05. The van der Waals surface area contributed by atoms with Crippen LogP contribution in [0.2, 0.25) is 0 Å². The topological polar surface area (TPSA) is 17.8 Å². The van der Waals surface area contributed by atoms with E-state index in [1.54, 1.807) is 12.5 Å². The van der Waals surface area contributed by atoms with Crippen LogP contribution in [0.1, 0.15) is 13.8 Å². The first kappa shape index (κ1) is 6.08. The molecule has 0 amide bonds. The normalized spacial score (nSPS) is 12.0. The number of imidazole rings is 1. The fourth-order valence-corrected chi connectivity index (χ4v) is 0.617. The second-order valence-corrected chi connectivity index (χ2v) is 1.90. The Morgan fingerprint density at radius 3 is 2.89 bits per heavy atom. The summed E-state index contributed by atoms with van der Waals surface area (Å²) in [7, 11) is 0. The van der Waals surface area contributed by atoms with E-state index in [4.69, 9.17) is 0 Å². The van der Waals surface area contributed by atoms with Gasteiger partial charge in [-0.05, 0) is 13.8 Å². The van der Waals surface area contributed by atoms with Gasteiger partial charge >= 0.3 is 0 Å². The third kappa shape index (κ3) is 1.19. The fourth-order valence-electron chi connectivity index (χ4n) is 0.617. The van der Waals surface area contributed by atoms with Gasteiger partial charge in [0.1, 0.15) is 0 Å². The van der Waals surface area contributed by atoms with E-state index in [1.165, 1.54) is 5.70 Å². The number of allylic oxidation sites excluding steroid dienone is 2. The van der Waals surface area contributed by atoms with Crippen LogP contribution in [-0.4, -0.2) is 9.55 Å². The Morgan fingerprint density at radius 2 is 2.44 bits per heavy atom. The van der Waals surface area contributed by atoms with E-state index >= 15 is 0 Å². The molecule has 0 unspecified atom stereocenters. The first-order valence-electron chi connectivity index (χ1n) is 2.96. The van der Waals surface area contributed by atoms with Crippen LogP contribution in [0.5, 0.6) is 0 Å². The molecule has 48 valence electrons. The second-order valence-electron chi connectivity index (χ2n) is 1.90. The van der Waals surface area contributed by atoms with E-state index in [-0.39, 0.29) is 0 Å². The lowest BCUT2D eigenvalue weighted by Crippen LogP contribution is -1.86. The average Bonchev–Trinajstić information content (AvgIpc) is 2.37. The maximum atomic E-state index is 3.91. The molecule has 9 heavy (non-hydrogen) atoms. The van der Waals surface area contributed by atoms with Gasteiger partial charge in [0.25, 0.3) is 0 Å². The van der Waals surface area contributed by atoms with Crippen molar-refractivity contribution >= 4 is 5.70 Å². The number of hydrogen-bond acceptors (Lipinski definition) is 1. The van der Waals surface area contributed by atoms with Gasteiger partial charge in [-0.25, -0.2) is 4.98 Å². The molecule has 0 aromatic carbocycles. The largest absolute Gasteiger partial charge is 0.311 e. The van der Waals surface area contributed by atoms with Gasteiger partial charge in [-0.1, -0.05) is 6.08 Å². The van der Waals surface area contributed by atoms with Crippen molar-refractivity contribution in [2.75, 3.05) is 0 Å². The van der Waals surface area contributed by atoms with Crippen LogP contribution in [0, 0.1) is 0 Å². The molecule has 0 bridgehead atoms. The molecule has 0 radical (unpaired) electrons. The highest BCUT2D eigenvalue weighted by molar-refractivity contribution is 5.40. The molecule has 0 saturated carbocycles. The molecule has 0 fully saturated rings. The number of rotatable bonds is 1. The maximum Gasteiger partial charge on any atom is 0.0988 e. The van der Waals surface area contributed by atoms with Crippen LogP contribution >= 0.6 is 0 Å². The summed E-state index contributed by atoms with van der Waals surface area (Å²) in [6.07, 6.45) is 7.53. The molecule has 0 aliphatic heterocycles. The zero-order valence-corrected chi connectivity index (χ0v) is 5.70. The van der Waals surface area contributed by atoms with Gasteiger partial charge in [0, 0.05) is 18.1 Å². The SMILES string of the molecule is C/C=C(\C)n1ccnc1. The number of nitrogens with zero attached hydrogens (tertiary/aromatic N) is 2. The molecule has 0 spiro atoms. The molecule has 0 aliphatic rings. The third-order valence-corrected chi connectivity index (χ3v) is 1.33. The minimum absolute atomic E-state index is 1.20. The summed E-state index contributed by atoms with van der Waals surface area (Å²) in [6.45, 7) is 4.05. The Morgan fingerprint density at radius 1 is 1.67 bits per heavy atom. The third-order valence-electron chi connectivity index (χ3n) is 1.33. The second kappa shape index (κ2) is 2.49. The Labute approximate surface area is 54.8 Å². The summed E-state index contributed by atoms with van der Waals surface area (Å²) in [5.41, 5.74) is 1.20. The summed E-state index contributed by atoms with van der Waals surface area (Å²) in [4.78, 5) is 3.91. The zero-order chi connectivity index (χ0) is 6.69. The Kier molecular flexibility index (Phi) is 1.68. The molecule has 1 heterocycles. The van der Waals surface area contributed by atoms with Gasteiger partial charge in [-0.2, -0.15) is 0 Å². The first-order chi connectivity index (χ1) is 4.34. The predicted octanol–water partition coefficient (Wildman–Crippen LogP) is 1.76. The van der Waals surface area contributed by atoms with Crippen molar-refractivity contribution < 1.29 is 0 Å². The molecule has 2 heteroatoms. The van der Waals surface area contributed by atoms with Crippen LogP contribution < -0.4 is 0 Å². The lowest BCUT2D eigenvalue weighted by molar-refractivity contribution is 1.07. The van der Waals surface area contributed by atoms with Gasteiger partial charge in [0.15, 0.2) is 0 Å². The van der Waals surface area contributed by atoms with Crippen LogP contribution in [-0.2, 0) is 0 Å². The van der Waals surface area contributed by atoms with Crippen molar-refractivity contribution in [3.8, 4) is 0 Å². The van der Waals surface area contributed by atoms with Crippen molar-refractivity contribution in [3.63, 3.8) is 0 Å². The molecule has 0 N–H and O–H groups in total. The quantitative estimate of drug-likeness (QED) is 0.555. The number of aromatic nitrogens is 2. The van der Waals surface area contributed by atoms with Crippen molar-refractivity contribution in [1.82, 2.24) is 9.55 Å². The highest BCUT2D eigenvalue weighted by Crippen LogP contribution is 1.99. The van der Waals surface area contributed by atoms with Crippen molar-refractivity contribution in [3.05, 3.63) is 24.8 Å². The standard InChI is InChI=1S/C7H10N2/c1-3-7(2)9-5-4-8-6-9/h3-6H,1-2H3/b7-3+. The summed E-state index contributed by atoms with van der Waals surface area (Å²) < 4.78 is 1.97. The minimum atomic E-state index is 1.20. The van der Waals surface area contributed by atoms with Crippen molar-refractivity contribution in [2.24, 2.45) is 0 Å². The lowest BCUT2D eigenvalue weighted by Gasteiger charge is -1.96. The van der Waals surface area contributed by atoms with E-state index in [9.17, 15) is 0 Å². The van der Waals surface area contributed by atoms with Crippen LogP contribution in [0.4, 0.5) is 0 Å². The summed E-state index contributed by atoms with van der Waals surface area (Å²) in [5, 5.41) is 0. The Bertz CT molecular complexity index is 197. The van der Waals surface area contributed by atoms with E-state index in [1.807, 2.05) is 30.7 Å². The summed E-state index contributed by atoms with van der Waals surface area (Å²) in [5.74, 6) is 0. The lowest BCUT2D eigenvalue weighted by atomic mass is 10.4. The highest BCUT2D eigenvalue weighted by Gasteiger charge is 1.86. The molecule has 1 aromatic heterocycles. The molecule has 2 nitrogen and oxygen atoms in total. The molecule has 1 rings (SSSR count). The van der Waals surface area contributed by atoms with Crippen LogP contribution in [0.25, 0.3) is 5.70 Å². The minimum Gasteiger partial charge on any atom is -0.311 e. The maximum absolute atomic E-state index is 3.91. The molecule has 0 saturated heterocycles. The smallest absolute Gasteiger partial charge is 0.0988 e. The molecule has 0 atom stereocenters. The Balaban J connectivity index is 2.90. The van der Waals surface area contributed by atoms with Crippen molar-refractivity contribution in [2.45, 2.75) is 13.8 Å². The van der Waals surface area contributed by atoms with Gasteiger partial charge in [0.2, 0.25) is 0 Å². The predicted molar refractivity (Wildman–Crippen MR) is 37.8 cm³/mol. The van der Waals surface area contributed by atoms with E-state index in [2.05, 4.69) is 4.98 Å². The van der Waals surface area contributed by atoms with Crippen molar-refractivity contribution in [1.29, 1.82) is 0 Å². The molecular formula is C7H10N2. The zero-order valence-electron chi connectivity index (χ0n) is 5.70. The first-order valence-corrected chi connectivity index (χ1v) is 2.96. The average molecular weight is 122 g/mol. The highest BCUT2D eigenvalue weighted by atomic mass is 15.0. The van der Waals surface area contributed by atoms with E-state index < -0.39 is 0 Å². The fraction of sp³-hybridized carbons (Fsp3) is 0.286. The summed E-state index contributed by atoms with van der Waals surface area (Å²) >= 11 is 0. The number of hydrogen-bond donors (Lipinski definition) is 0. The van der Waals surface area contributed by atoms with Gasteiger partial charge in [0.05, 0.1) is 6.33 Å². The summed E-state index contributed by atoms with van der Waals surface area (Å²) in [6, 6.07) is 0. The van der Waals surface area contributed by atoms with Gasteiger partial charge < -0.3 is 4.57 Å². The van der Waals surface area contributed by atoms with Gasteiger partial charge in [-0.3, -0.25) is 0 Å². The van der Waals surface area contributed by atoms with Gasteiger partial charge in [-0.15, -0.1) is 0 Å². The molecule has 0 aliphatic carbocycles. The molecule has 1 aromatic rings.